The van der Waals surface area contributed by atoms with Gasteiger partial charge in [-0.05, 0) is 49.6 Å². The molecule has 0 aliphatic heterocycles. The van der Waals surface area contributed by atoms with E-state index in [-0.39, 0.29) is 11.9 Å². The van der Waals surface area contributed by atoms with Gasteiger partial charge < -0.3 is 10.6 Å². The van der Waals surface area contributed by atoms with E-state index < -0.39 is 0 Å². The van der Waals surface area contributed by atoms with E-state index >= 15 is 0 Å². The number of rotatable bonds is 5. The van der Waals surface area contributed by atoms with Gasteiger partial charge >= 0.3 is 0 Å². The van der Waals surface area contributed by atoms with Gasteiger partial charge in [-0.15, -0.1) is 0 Å². The summed E-state index contributed by atoms with van der Waals surface area (Å²) in [7, 11) is 1.96. The van der Waals surface area contributed by atoms with Gasteiger partial charge in [-0.1, -0.05) is 25.1 Å². The highest BCUT2D eigenvalue weighted by molar-refractivity contribution is 5.66. The normalized spacial score (nSPS) is 12.2. The Morgan fingerprint density at radius 1 is 1.19 bits per heavy atom. The molecule has 2 nitrogen and oxygen atoms in total. The van der Waals surface area contributed by atoms with Crippen LogP contribution in [0.4, 0.5) is 15.8 Å². The second-order valence-corrected chi connectivity index (χ2v) is 5.51. The van der Waals surface area contributed by atoms with Crippen LogP contribution in [0.1, 0.15) is 24.5 Å². The van der Waals surface area contributed by atoms with Gasteiger partial charge in [0.05, 0.1) is 0 Å². The van der Waals surface area contributed by atoms with E-state index in [4.69, 9.17) is 5.73 Å². The number of aryl methyl sites for hydroxylation is 1. The van der Waals surface area contributed by atoms with Crippen LogP contribution in [-0.2, 0) is 6.42 Å². The topological polar surface area (TPSA) is 29.3 Å². The first-order valence-electron chi connectivity index (χ1n) is 7.36. The van der Waals surface area contributed by atoms with Crippen molar-refractivity contribution in [2.45, 2.75) is 32.7 Å². The van der Waals surface area contributed by atoms with Crippen molar-refractivity contribution < 1.29 is 4.39 Å². The van der Waals surface area contributed by atoms with Gasteiger partial charge in [-0.2, -0.15) is 0 Å². The molecule has 2 N–H and O–H groups in total. The number of halogens is 1. The lowest BCUT2D eigenvalue weighted by molar-refractivity contribution is 0.579. The molecular weight excluding hydrogens is 263 g/mol. The lowest BCUT2D eigenvalue weighted by Gasteiger charge is -2.24. The van der Waals surface area contributed by atoms with Crippen LogP contribution in [0, 0.1) is 12.7 Å². The Morgan fingerprint density at radius 3 is 2.57 bits per heavy atom. The summed E-state index contributed by atoms with van der Waals surface area (Å²) >= 11 is 0. The summed E-state index contributed by atoms with van der Waals surface area (Å²) in [6, 6.07) is 13.4. The third kappa shape index (κ3) is 3.61. The highest BCUT2D eigenvalue weighted by Crippen LogP contribution is 2.30. The molecule has 0 saturated heterocycles. The highest BCUT2D eigenvalue weighted by atomic mass is 19.1. The molecule has 0 radical (unpaired) electrons. The van der Waals surface area contributed by atoms with Gasteiger partial charge in [0.15, 0.2) is 0 Å². The zero-order valence-electron chi connectivity index (χ0n) is 12.9. The third-order valence-electron chi connectivity index (χ3n) is 3.84. The van der Waals surface area contributed by atoms with Gasteiger partial charge in [0.2, 0.25) is 0 Å². The van der Waals surface area contributed by atoms with Crippen molar-refractivity contribution in [1.29, 1.82) is 0 Å². The van der Waals surface area contributed by atoms with Crippen LogP contribution in [-0.4, -0.2) is 13.1 Å². The zero-order chi connectivity index (χ0) is 15.4. The Bertz CT molecular complexity index is 610. The molecule has 0 bridgehead atoms. The summed E-state index contributed by atoms with van der Waals surface area (Å²) in [4.78, 5) is 2.02. The van der Waals surface area contributed by atoms with Crippen LogP contribution >= 0.6 is 0 Å². The molecule has 0 fully saturated rings. The lowest BCUT2D eigenvalue weighted by Crippen LogP contribution is -2.24. The Balaban J connectivity index is 2.41. The van der Waals surface area contributed by atoms with Crippen LogP contribution in [0.5, 0.6) is 0 Å². The quantitative estimate of drug-likeness (QED) is 0.893. The Morgan fingerprint density at radius 2 is 1.90 bits per heavy atom. The molecule has 2 aromatic carbocycles. The largest absolute Gasteiger partial charge is 0.344 e. The fraction of sp³-hybridized carbons (Fsp3) is 0.333. The number of hydrogen-bond donors (Lipinski definition) is 1. The maximum Gasteiger partial charge on any atom is 0.128 e. The van der Waals surface area contributed by atoms with Crippen LogP contribution in [0.2, 0.25) is 0 Å². The first-order chi connectivity index (χ1) is 10.0. The van der Waals surface area contributed by atoms with E-state index in [9.17, 15) is 4.39 Å². The smallest absolute Gasteiger partial charge is 0.128 e. The summed E-state index contributed by atoms with van der Waals surface area (Å²) in [5.41, 5.74) is 9.82. The van der Waals surface area contributed by atoms with Crippen LogP contribution in [0.25, 0.3) is 0 Å². The van der Waals surface area contributed by atoms with Crippen LogP contribution < -0.4 is 10.6 Å². The fourth-order valence-electron chi connectivity index (χ4n) is 2.45. The average Bonchev–Trinajstić information content (AvgIpc) is 2.48. The molecular formula is C18H23FN2. The number of nitrogens with zero attached hydrogens (tertiary/aromatic N) is 1. The molecule has 0 aromatic heterocycles. The summed E-state index contributed by atoms with van der Waals surface area (Å²) < 4.78 is 14.2. The van der Waals surface area contributed by atoms with Crippen LogP contribution in [0.3, 0.4) is 0 Å². The summed E-state index contributed by atoms with van der Waals surface area (Å²) in [6.45, 7) is 4.08. The van der Waals surface area contributed by atoms with Crippen LogP contribution in [0.15, 0.2) is 42.5 Å². The minimum absolute atomic E-state index is 0.0217. The molecule has 2 rings (SSSR count). The fourth-order valence-corrected chi connectivity index (χ4v) is 2.45. The molecule has 21 heavy (non-hydrogen) atoms. The second kappa shape index (κ2) is 6.72. The van der Waals surface area contributed by atoms with E-state index in [1.165, 1.54) is 11.6 Å². The van der Waals surface area contributed by atoms with Crippen molar-refractivity contribution in [2.24, 2.45) is 5.73 Å². The van der Waals surface area contributed by atoms with E-state index in [1.54, 1.807) is 6.07 Å². The third-order valence-corrected chi connectivity index (χ3v) is 3.84. The van der Waals surface area contributed by atoms with Gasteiger partial charge in [0.1, 0.15) is 5.82 Å². The molecule has 0 heterocycles. The van der Waals surface area contributed by atoms with Crippen molar-refractivity contribution in [2.75, 3.05) is 11.9 Å². The summed E-state index contributed by atoms with van der Waals surface area (Å²) in [6.07, 6.45) is 1.39. The monoisotopic (exact) mass is 286 g/mol. The summed E-state index contributed by atoms with van der Waals surface area (Å²) in [5, 5.41) is 0. The zero-order valence-corrected chi connectivity index (χ0v) is 12.9. The first kappa shape index (κ1) is 15.5. The van der Waals surface area contributed by atoms with Crippen molar-refractivity contribution in [3.8, 4) is 0 Å². The van der Waals surface area contributed by atoms with E-state index in [0.717, 1.165) is 17.8 Å². The van der Waals surface area contributed by atoms with E-state index in [0.29, 0.717) is 12.0 Å². The first-order valence-corrected chi connectivity index (χ1v) is 7.36. The molecule has 0 aliphatic carbocycles. The molecule has 112 valence electrons. The standard InChI is InChI=1S/C18H23FN2/c1-4-14(20)12-16-17(19)9-6-10-18(16)21(3)15-8-5-7-13(2)11-15/h5-11,14H,4,12,20H2,1-3H3. The lowest BCUT2D eigenvalue weighted by atomic mass is 10.0. The van der Waals surface area contributed by atoms with Crippen molar-refractivity contribution in [1.82, 2.24) is 0 Å². The molecule has 0 aliphatic rings. The van der Waals surface area contributed by atoms with E-state index in [2.05, 4.69) is 19.1 Å². The van der Waals surface area contributed by atoms with Gasteiger partial charge in [-0.25, -0.2) is 4.39 Å². The molecule has 1 atom stereocenters. The predicted octanol–water partition coefficient (Wildman–Crippen LogP) is 4.18. The minimum atomic E-state index is -0.184. The number of nitrogens with two attached hydrogens (primary N) is 1. The number of benzene rings is 2. The van der Waals surface area contributed by atoms with Crippen molar-refractivity contribution in [3.05, 3.63) is 59.4 Å². The number of anilines is 2. The average molecular weight is 286 g/mol. The van der Waals surface area contributed by atoms with Gasteiger partial charge in [0, 0.05) is 30.0 Å². The molecule has 2 aromatic rings. The second-order valence-electron chi connectivity index (χ2n) is 5.51. The Hall–Kier alpha value is -1.87. The predicted molar refractivity (Wildman–Crippen MR) is 87.6 cm³/mol. The molecule has 0 spiro atoms. The minimum Gasteiger partial charge on any atom is -0.344 e. The molecule has 1 unspecified atom stereocenters. The SMILES string of the molecule is CCC(N)Cc1c(F)cccc1N(C)c1cccc(C)c1. The number of hydrogen-bond acceptors (Lipinski definition) is 2. The molecule has 0 saturated carbocycles. The van der Waals surface area contributed by atoms with Crippen molar-refractivity contribution >= 4 is 11.4 Å². The van der Waals surface area contributed by atoms with Crippen molar-refractivity contribution in [3.63, 3.8) is 0 Å². The summed E-state index contributed by atoms with van der Waals surface area (Å²) in [5.74, 6) is -0.184. The maximum atomic E-state index is 14.2. The molecule has 3 heteroatoms. The van der Waals surface area contributed by atoms with Gasteiger partial charge in [-0.3, -0.25) is 0 Å². The van der Waals surface area contributed by atoms with Gasteiger partial charge in [0.25, 0.3) is 0 Å². The highest BCUT2D eigenvalue weighted by Gasteiger charge is 2.15. The Kier molecular flexibility index (Phi) is 4.97. The maximum absolute atomic E-state index is 14.2. The molecule has 0 amide bonds. The van der Waals surface area contributed by atoms with E-state index in [1.807, 2.05) is 37.1 Å². The Labute approximate surface area is 126 Å².